The van der Waals surface area contributed by atoms with Crippen LogP contribution in [0.4, 0.5) is 10.1 Å². The average molecular weight is 266 g/mol. The van der Waals surface area contributed by atoms with Crippen LogP contribution in [0.3, 0.4) is 0 Å². The van der Waals surface area contributed by atoms with E-state index in [-0.39, 0.29) is 23.1 Å². The number of carboxylic acids is 1. The summed E-state index contributed by atoms with van der Waals surface area (Å²) in [7, 11) is 0. The number of benzene rings is 1. The Balaban J connectivity index is 2.11. The van der Waals surface area contributed by atoms with Crippen LogP contribution in [0.2, 0.25) is 0 Å². The second kappa shape index (κ2) is 5.79. The molecule has 1 fully saturated rings. The number of piperidine rings is 1. The van der Waals surface area contributed by atoms with E-state index in [9.17, 15) is 14.0 Å². The first-order valence-electron chi connectivity index (χ1n) is 6.12. The van der Waals surface area contributed by atoms with Gasteiger partial charge in [0, 0.05) is 6.54 Å². The molecular formula is C13H15FN2O3. The largest absolute Gasteiger partial charge is 0.478 e. The van der Waals surface area contributed by atoms with Crippen LogP contribution >= 0.6 is 0 Å². The number of carboxylic acid groups (broad SMARTS) is 1. The molecule has 3 N–H and O–H groups in total. The standard InChI is InChI=1S/C13H15FN2O3/c14-10-4-3-8(13(18)19)6-11(10)16-12(17)9-2-1-5-15-7-9/h3-4,6,9,15H,1-2,5,7H2,(H,16,17)(H,18,19). The Morgan fingerprint density at radius 2 is 2.21 bits per heavy atom. The molecule has 0 spiro atoms. The molecule has 2 rings (SSSR count). The zero-order chi connectivity index (χ0) is 13.8. The first-order chi connectivity index (χ1) is 9.08. The molecule has 0 saturated carbocycles. The summed E-state index contributed by atoms with van der Waals surface area (Å²) < 4.78 is 13.5. The molecule has 1 saturated heterocycles. The zero-order valence-electron chi connectivity index (χ0n) is 10.3. The molecule has 1 unspecified atom stereocenters. The van der Waals surface area contributed by atoms with Crippen LogP contribution in [0.1, 0.15) is 23.2 Å². The van der Waals surface area contributed by atoms with Crippen molar-refractivity contribution >= 4 is 17.6 Å². The molecule has 5 nitrogen and oxygen atoms in total. The van der Waals surface area contributed by atoms with Crippen molar-refractivity contribution in [3.05, 3.63) is 29.6 Å². The Labute approximate surface area is 109 Å². The number of hydrogen-bond donors (Lipinski definition) is 3. The molecule has 6 heteroatoms. The van der Waals surface area contributed by atoms with E-state index in [0.29, 0.717) is 6.54 Å². The molecule has 1 aromatic carbocycles. The summed E-state index contributed by atoms with van der Waals surface area (Å²) in [6.07, 6.45) is 1.65. The van der Waals surface area contributed by atoms with E-state index < -0.39 is 11.8 Å². The van der Waals surface area contributed by atoms with Crippen LogP contribution in [-0.2, 0) is 4.79 Å². The fraction of sp³-hybridized carbons (Fsp3) is 0.385. The van der Waals surface area contributed by atoms with Gasteiger partial charge in [0.15, 0.2) is 0 Å². The molecule has 0 aromatic heterocycles. The number of hydrogen-bond acceptors (Lipinski definition) is 3. The van der Waals surface area contributed by atoms with E-state index in [1.54, 1.807) is 0 Å². The fourth-order valence-corrected chi connectivity index (χ4v) is 2.06. The van der Waals surface area contributed by atoms with Crippen molar-refractivity contribution in [1.29, 1.82) is 0 Å². The number of amides is 1. The summed E-state index contributed by atoms with van der Waals surface area (Å²) in [5.41, 5.74) is -0.144. The maximum atomic E-state index is 13.5. The van der Waals surface area contributed by atoms with Crippen LogP contribution in [0.15, 0.2) is 18.2 Å². The number of nitrogens with one attached hydrogen (secondary N) is 2. The lowest BCUT2D eigenvalue weighted by atomic mass is 9.98. The van der Waals surface area contributed by atoms with E-state index in [4.69, 9.17) is 5.11 Å². The first kappa shape index (κ1) is 13.5. The predicted octanol–water partition coefficient (Wildman–Crippen LogP) is 1.46. The van der Waals surface area contributed by atoms with Gasteiger partial charge in [0.05, 0.1) is 17.2 Å². The maximum absolute atomic E-state index is 13.5. The van der Waals surface area contributed by atoms with Gasteiger partial charge in [-0.15, -0.1) is 0 Å². The van der Waals surface area contributed by atoms with Crippen molar-refractivity contribution in [1.82, 2.24) is 5.32 Å². The summed E-state index contributed by atoms with van der Waals surface area (Å²) in [5.74, 6) is -2.28. The number of carbonyl (C=O) groups is 2. The number of anilines is 1. The summed E-state index contributed by atoms with van der Waals surface area (Å²) >= 11 is 0. The molecule has 1 amide bonds. The average Bonchev–Trinajstić information content (AvgIpc) is 2.42. The third kappa shape index (κ3) is 3.29. The molecule has 0 aliphatic carbocycles. The minimum atomic E-state index is -1.16. The number of aromatic carboxylic acids is 1. The third-order valence-corrected chi connectivity index (χ3v) is 3.14. The van der Waals surface area contributed by atoms with Gasteiger partial charge in [-0.3, -0.25) is 4.79 Å². The highest BCUT2D eigenvalue weighted by Gasteiger charge is 2.22. The Kier molecular flexibility index (Phi) is 4.11. The third-order valence-electron chi connectivity index (χ3n) is 3.14. The fourth-order valence-electron chi connectivity index (χ4n) is 2.06. The van der Waals surface area contributed by atoms with E-state index >= 15 is 0 Å². The number of rotatable bonds is 3. The lowest BCUT2D eigenvalue weighted by molar-refractivity contribution is -0.120. The highest BCUT2D eigenvalue weighted by atomic mass is 19.1. The van der Waals surface area contributed by atoms with Crippen molar-refractivity contribution in [3.8, 4) is 0 Å². The van der Waals surface area contributed by atoms with Gasteiger partial charge in [-0.25, -0.2) is 9.18 Å². The molecule has 1 aromatic rings. The molecule has 0 radical (unpaired) electrons. The molecule has 0 bridgehead atoms. The number of carbonyl (C=O) groups excluding carboxylic acids is 1. The van der Waals surface area contributed by atoms with Gasteiger partial charge in [-0.1, -0.05) is 0 Å². The van der Waals surface area contributed by atoms with Crippen molar-refractivity contribution < 1.29 is 19.1 Å². The van der Waals surface area contributed by atoms with E-state index in [2.05, 4.69) is 10.6 Å². The van der Waals surface area contributed by atoms with Gasteiger partial charge in [0.25, 0.3) is 0 Å². The predicted molar refractivity (Wildman–Crippen MR) is 67.6 cm³/mol. The molecule has 102 valence electrons. The maximum Gasteiger partial charge on any atom is 0.335 e. The van der Waals surface area contributed by atoms with Crippen LogP contribution in [0.5, 0.6) is 0 Å². The minimum Gasteiger partial charge on any atom is -0.478 e. The van der Waals surface area contributed by atoms with Gasteiger partial charge >= 0.3 is 5.97 Å². The van der Waals surface area contributed by atoms with Crippen molar-refractivity contribution in [2.75, 3.05) is 18.4 Å². The summed E-state index contributed by atoms with van der Waals surface area (Å²) in [5, 5.41) is 14.4. The second-order valence-corrected chi connectivity index (χ2v) is 4.53. The Hall–Kier alpha value is -1.95. The van der Waals surface area contributed by atoms with Crippen LogP contribution in [-0.4, -0.2) is 30.1 Å². The normalized spacial score (nSPS) is 18.9. The highest BCUT2D eigenvalue weighted by Crippen LogP contribution is 2.19. The number of halogens is 1. The van der Waals surface area contributed by atoms with E-state index in [1.807, 2.05) is 0 Å². The van der Waals surface area contributed by atoms with E-state index in [1.165, 1.54) is 0 Å². The Morgan fingerprint density at radius 1 is 1.42 bits per heavy atom. The second-order valence-electron chi connectivity index (χ2n) is 4.53. The van der Waals surface area contributed by atoms with E-state index in [0.717, 1.165) is 37.6 Å². The molecular weight excluding hydrogens is 251 g/mol. The van der Waals surface area contributed by atoms with Gasteiger partial charge in [0.2, 0.25) is 5.91 Å². The van der Waals surface area contributed by atoms with Gasteiger partial charge in [0.1, 0.15) is 5.82 Å². The minimum absolute atomic E-state index is 0.0570. The van der Waals surface area contributed by atoms with Crippen LogP contribution < -0.4 is 10.6 Å². The van der Waals surface area contributed by atoms with Crippen molar-refractivity contribution in [3.63, 3.8) is 0 Å². The lowest BCUT2D eigenvalue weighted by Crippen LogP contribution is -2.37. The SMILES string of the molecule is O=C(O)c1ccc(F)c(NC(=O)C2CCCNC2)c1. The first-order valence-corrected chi connectivity index (χ1v) is 6.12. The Bertz CT molecular complexity index is 499. The molecule has 1 atom stereocenters. The monoisotopic (exact) mass is 266 g/mol. The summed E-state index contributed by atoms with van der Waals surface area (Å²) in [6, 6.07) is 3.33. The summed E-state index contributed by atoms with van der Waals surface area (Å²) in [6.45, 7) is 1.44. The zero-order valence-corrected chi connectivity index (χ0v) is 10.3. The molecule has 1 aliphatic rings. The van der Waals surface area contributed by atoms with Crippen LogP contribution in [0.25, 0.3) is 0 Å². The van der Waals surface area contributed by atoms with Gasteiger partial charge in [-0.2, -0.15) is 0 Å². The highest BCUT2D eigenvalue weighted by molar-refractivity contribution is 5.95. The summed E-state index contributed by atoms with van der Waals surface area (Å²) in [4.78, 5) is 22.7. The quantitative estimate of drug-likeness (QED) is 0.774. The lowest BCUT2D eigenvalue weighted by Gasteiger charge is -2.22. The molecule has 1 heterocycles. The van der Waals surface area contributed by atoms with Gasteiger partial charge in [-0.05, 0) is 37.6 Å². The topological polar surface area (TPSA) is 78.4 Å². The smallest absolute Gasteiger partial charge is 0.335 e. The van der Waals surface area contributed by atoms with Crippen LogP contribution in [0, 0.1) is 11.7 Å². The molecule has 19 heavy (non-hydrogen) atoms. The van der Waals surface area contributed by atoms with Crippen molar-refractivity contribution in [2.45, 2.75) is 12.8 Å². The Morgan fingerprint density at radius 3 is 2.84 bits per heavy atom. The van der Waals surface area contributed by atoms with Gasteiger partial charge < -0.3 is 15.7 Å². The van der Waals surface area contributed by atoms with Crippen molar-refractivity contribution in [2.24, 2.45) is 5.92 Å². The molecule has 1 aliphatic heterocycles.